The molecule has 3 aromatic rings. The van der Waals surface area contributed by atoms with Gasteiger partial charge in [0.25, 0.3) is 0 Å². The molecular formula is C13H11N3O2S. The highest BCUT2D eigenvalue weighted by Gasteiger charge is 2.14. The molecule has 3 heterocycles. The number of imidazole rings is 1. The zero-order valence-electron chi connectivity index (χ0n) is 10.3. The second kappa shape index (κ2) is 3.96. The van der Waals surface area contributed by atoms with Crippen LogP contribution in [0.5, 0.6) is 11.5 Å². The van der Waals surface area contributed by atoms with Crippen molar-refractivity contribution in [3.8, 4) is 22.8 Å². The summed E-state index contributed by atoms with van der Waals surface area (Å²) < 4.78 is 12.9. The van der Waals surface area contributed by atoms with Crippen LogP contribution in [0.4, 0.5) is 0 Å². The van der Waals surface area contributed by atoms with Crippen molar-refractivity contribution in [2.75, 3.05) is 13.2 Å². The molecule has 0 unspecified atom stereocenters. The quantitative estimate of drug-likeness (QED) is 0.683. The Morgan fingerprint density at radius 1 is 1.21 bits per heavy atom. The van der Waals surface area contributed by atoms with Gasteiger partial charge in [0.2, 0.25) is 4.96 Å². The molecule has 6 heteroatoms. The number of rotatable bonds is 1. The third-order valence-electron chi connectivity index (χ3n) is 2.98. The predicted octanol–water partition coefficient (Wildman–Crippen LogP) is 2.54. The molecule has 0 bridgehead atoms. The molecule has 4 rings (SSSR count). The Kier molecular flexibility index (Phi) is 2.25. The Labute approximate surface area is 113 Å². The average Bonchev–Trinajstić information content (AvgIpc) is 2.95. The number of hydrogen-bond acceptors (Lipinski definition) is 5. The second-order valence-electron chi connectivity index (χ2n) is 4.33. The summed E-state index contributed by atoms with van der Waals surface area (Å²) >= 11 is 1.58. The van der Waals surface area contributed by atoms with Crippen LogP contribution in [0.25, 0.3) is 16.2 Å². The van der Waals surface area contributed by atoms with Crippen molar-refractivity contribution >= 4 is 16.3 Å². The minimum Gasteiger partial charge on any atom is -0.486 e. The smallest absolute Gasteiger partial charge is 0.212 e. The second-order valence-corrected chi connectivity index (χ2v) is 5.49. The van der Waals surface area contributed by atoms with Gasteiger partial charge in [0, 0.05) is 5.56 Å². The predicted molar refractivity (Wildman–Crippen MR) is 72.0 cm³/mol. The Hall–Kier alpha value is -2.08. The van der Waals surface area contributed by atoms with Crippen LogP contribution in [0.1, 0.15) is 5.01 Å². The molecule has 5 nitrogen and oxygen atoms in total. The van der Waals surface area contributed by atoms with Crippen LogP contribution in [-0.4, -0.2) is 27.8 Å². The summed E-state index contributed by atoms with van der Waals surface area (Å²) in [5.41, 5.74) is 1.91. The van der Waals surface area contributed by atoms with E-state index in [1.54, 1.807) is 11.3 Å². The number of hydrogen-bond donors (Lipinski definition) is 0. The third kappa shape index (κ3) is 1.76. The maximum atomic E-state index is 5.59. The van der Waals surface area contributed by atoms with Gasteiger partial charge in [-0.15, -0.1) is 0 Å². The minimum atomic E-state index is 0.593. The van der Waals surface area contributed by atoms with Gasteiger partial charge >= 0.3 is 0 Å². The Morgan fingerprint density at radius 3 is 2.89 bits per heavy atom. The van der Waals surface area contributed by atoms with E-state index in [2.05, 4.69) is 10.1 Å². The van der Waals surface area contributed by atoms with Crippen molar-refractivity contribution in [3.63, 3.8) is 0 Å². The number of ether oxygens (including phenoxy) is 2. The molecule has 0 saturated carbocycles. The Bertz CT molecular complexity index is 731. The highest BCUT2D eigenvalue weighted by atomic mass is 32.1. The van der Waals surface area contributed by atoms with Crippen molar-refractivity contribution in [1.82, 2.24) is 14.6 Å². The van der Waals surface area contributed by atoms with Gasteiger partial charge in [0.05, 0.1) is 11.9 Å². The van der Waals surface area contributed by atoms with Crippen LogP contribution in [0.15, 0.2) is 24.4 Å². The van der Waals surface area contributed by atoms with Gasteiger partial charge in [-0.2, -0.15) is 5.10 Å². The monoisotopic (exact) mass is 273 g/mol. The zero-order valence-corrected chi connectivity index (χ0v) is 11.1. The summed E-state index contributed by atoms with van der Waals surface area (Å²) in [6, 6.07) is 5.89. The fourth-order valence-electron chi connectivity index (χ4n) is 2.14. The molecule has 1 aliphatic heterocycles. The maximum Gasteiger partial charge on any atom is 0.212 e. The van der Waals surface area contributed by atoms with Crippen molar-refractivity contribution in [3.05, 3.63) is 29.4 Å². The van der Waals surface area contributed by atoms with Gasteiger partial charge in [-0.05, 0) is 25.1 Å². The molecule has 0 atom stereocenters. The van der Waals surface area contributed by atoms with Gasteiger partial charge < -0.3 is 9.47 Å². The summed E-state index contributed by atoms with van der Waals surface area (Å²) in [4.78, 5) is 5.48. The molecular weight excluding hydrogens is 262 g/mol. The lowest BCUT2D eigenvalue weighted by atomic mass is 10.1. The Morgan fingerprint density at radius 2 is 2.05 bits per heavy atom. The molecule has 96 valence electrons. The van der Waals surface area contributed by atoms with Gasteiger partial charge in [-0.25, -0.2) is 9.50 Å². The summed E-state index contributed by atoms with van der Waals surface area (Å²) in [5, 5.41) is 5.37. The first kappa shape index (κ1) is 10.8. The topological polar surface area (TPSA) is 48.7 Å². The molecule has 0 N–H and O–H groups in total. The molecule has 2 aromatic heterocycles. The lowest BCUT2D eigenvalue weighted by Gasteiger charge is -2.18. The summed E-state index contributed by atoms with van der Waals surface area (Å²) in [7, 11) is 0. The van der Waals surface area contributed by atoms with E-state index >= 15 is 0 Å². The van der Waals surface area contributed by atoms with E-state index in [-0.39, 0.29) is 0 Å². The standard InChI is InChI=1S/C13H11N3O2S/c1-8-15-16-7-10(14-13(16)19-8)9-2-3-11-12(6-9)18-5-4-17-11/h2-3,6-7H,4-5H2,1H3. The van der Waals surface area contributed by atoms with Gasteiger partial charge in [0.1, 0.15) is 18.2 Å². The molecule has 0 amide bonds. The van der Waals surface area contributed by atoms with E-state index < -0.39 is 0 Å². The Balaban J connectivity index is 1.80. The van der Waals surface area contributed by atoms with E-state index in [1.165, 1.54) is 0 Å². The number of aryl methyl sites for hydroxylation is 1. The molecule has 0 radical (unpaired) electrons. The molecule has 1 aliphatic rings. The van der Waals surface area contributed by atoms with Crippen molar-refractivity contribution in [1.29, 1.82) is 0 Å². The molecule has 0 spiro atoms. The van der Waals surface area contributed by atoms with Crippen LogP contribution in [-0.2, 0) is 0 Å². The van der Waals surface area contributed by atoms with Crippen LogP contribution in [0.3, 0.4) is 0 Å². The van der Waals surface area contributed by atoms with Crippen molar-refractivity contribution < 1.29 is 9.47 Å². The largest absolute Gasteiger partial charge is 0.486 e. The SMILES string of the molecule is Cc1nn2cc(-c3ccc4c(c3)OCCO4)nc2s1. The number of aromatic nitrogens is 3. The normalized spacial score (nSPS) is 13.9. The molecule has 1 aromatic carbocycles. The molecule has 19 heavy (non-hydrogen) atoms. The maximum absolute atomic E-state index is 5.59. The number of nitrogens with zero attached hydrogens (tertiary/aromatic N) is 3. The fourth-order valence-corrected chi connectivity index (χ4v) is 2.87. The average molecular weight is 273 g/mol. The number of fused-ring (bicyclic) bond motifs is 2. The van der Waals surface area contributed by atoms with Crippen LogP contribution in [0, 0.1) is 6.92 Å². The number of benzene rings is 1. The van der Waals surface area contributed by atoms with Crippen molar-refractivity contribution in [2.45, 2.75) is 6.92 Å². The fraction of sp³-hybridized carbons (Fsp3) is 0.231. The first-order chi connectivity index (χ1) is 9.29. The lowest BCUT2D eigenvalue weighted by Crippen LogP contribution is -2.15. The van der Waals surface area contributed by atoms with E-state index in [0.717, 1.165) is 32.7 Å². The lowest BCUT2D eigenvalue weighted by molar-refractivity contribution is 0.171. The van der Waals surface area contributed by atoms with Crippen LogP contribution in [0.2, 0.25) is 0 Å². The highest BCUT2D eigenvalue weighted by molar-refractivity contribution is 7.16. The molecule has 0 aliphatic carbocycles. The molecule has 0 fully saturated rings. The highest BCUT2D eigenvalue weighted by Crippen LogP contribution is 2.34. The van der Waals surface area contributed by atoms with E-state index in [0.29, 0.717) is 13.2 Å². The van der Waals surface area contributed by atoms with Crippen molar-refractivity contribution in [2.24, 2.45) is 0 Å². The third-order valence-corrected chi connectivity index (χ3v) is 3.82. The summed E-state index contributed by atoms with van der Waals surface area (Å²) in [6.07, 6.45) is 1.93. The summed E-state index contributed by atoms with van der Waals surface area (Å²) in [5.74, 6) is 1.58. The first-order valence-corrected chi connectivity index (χ1v) is 6.84. The van der Waals surface area contributed by atoms with Crippen LogP contribution >= 0.6 is 11.3 Å². The van der Waals surface area contributed by atoms with Gasteiger partial charge in [0.15, 0.2) is 11.5 Å². The molecule has 0 saturated heterocycles. The van der Waals surface area contributed by atoms with Gasteiger partial charge in [-0.3, -0.25) is 0 Å². The van der Waals surface area contributed by atoms with Crippen LogP contribution < -0.4 is 9.47 Å². The first-order valence-electron chi connectivity index (χ1n) is 6.02. The summed E-state index contributed by atoms with van der Waals surface area (Å²) in [6.45, 7) is 3.17. The van der Waals surface area contributed by atoms with E-state index in [9.17, 15) is 0 Å². The van der Waals surface area contributed by atoms with E-state index in [1.807, 2.05) is 35.8 Å². The minimum absolute atomic E-state index is 0.593. The van der Waals surface area contributed by atoms with Gasteiger partial charge in [-0.1, -0.05) is 11.3 Å². The van der Waals surface area contributed by atoms with E-state index in [4.69, 9.17) is 9.47 Å². The zero-order chi connectivity index (χ0) is 12.8.